The third-order valence-corrected chi connectivity index (χ3v) is 10.9. The van der Waals surface area contributed by atoms with Gasteiger partial charge in [-0.05, 0) is 30.5 Å². The molecule has 140 valence electrons. The van der Waals surface area contributed by atoms with Crippen LogP contribution in [0.4, 0.5) is 0 Å². The molecule has 7 heteroatoms. The monoisotopic (exact) mass is 359 g/mol. The molecule has 0 unspecified atom stereocenters. The molecule has 0 saturated carbocycles. The molecule has 0 aromatic heterocycles. The quantitative estimate of drug-likeness (QED) is 0.363. The smallest absolute Gasteiger partial charge is 0.269 e. The van der Waals surface area contributed by atoms with Gasteiger partial charge in [-0.15, -0.1) is 0 Å². The molecule has 0 aromatic carbocycles. The Morgan fingerprint density at radius 1 is 1.25 bits per heavy atom. The van der Waals surface area contributed by atoms with Gasteiger partial charge in [-0.2, -0.15) is 0 Å². The van der Waals surface area contributed by atoms with Crippen LogP contribution in [-0.2, 0) is 13.9 Å². The van der Waals surface area contributed by atoms with Crippen LogP contribution in [0.3, 0.4) is 0 Å². The molecule has 1 atom stereocenters. The molecule has 1 fully saturated rings. The fourth-order valence-electron chi connectivity index (χ4n) is 3.87. The number of hydrogen-bond acceptors (Lipinski definition) is 5. The van der Waals surface area contributed by atoms with E-state index < -0.39 is 20.2 Å². The van der Waals surface area contributed by atoms with Crippen molar-refractivity contribution in [3.8, 4) is 0 Å². The lowest BCUT2D eigenvalue weighted by Crippen LogP contribution is -2.48. The summed E-state index contributed by atoms with van der Waals surface area (Å²) in [7, 11) is -2.14. The number of nitro groups is 1. The third-order valence-electron chi connectivity index (χ3n) is 4.82. The highest BCUT2D eigenvalue weighted by Crippen LogP contribution is 2.42. The van der Waals surface area contributed by atoms with E-state index in [1.807, 2.05) is 0 Å². The summed E-state index contributed by atoms with van der Waals surface area (Å²) < 4.78 is 17.5. The van der Waals surface area contributed by atoms with Crippen molar-refractivity contribution in [3.63, 3.8) is 0 Å². The summed E-state index contributed by atoms with van der Waals surface area (Å²) in [6.45, 7) is 16.9. The molecule has 0 aliphatic carbocycles. The fraction of sp³-hybridized carbons (Fsp3) is 0.882. The normalized spacial score (nSPS) is 22.0. The van der Waals surface area contributed by atoms with Crippen LogP contribution < -0.4 is 0 Å². The van der Waals surface area contributed by atoms with Crippen molar-refractivity contribution in [3.05, 3.63) is 21.9 Å². The molecule has 1 rings (SSSR count). The third kappa shape index (κ3) is 4.88. The number of ether oxygens (including phenoxy) is 2. The number of rotatable bonds is 8. The molecule has 1 aliphatic heterocycles. The van der Waals surface area contributed by atoms with Gasteiger partial charge < -0.3 is 13.9 Å². The highest BCUT2D eigenvalue weighted by Gasteiger charge is 2.46. The van der Waals surface area contributed by atoms with Gasteiger partial charge in [-0.3, -0.25) is 10.1 Å². The zero-order valence-electron chi connectivity index (χ0n) is 16.3. The Hall–Kier alpha value is -0.763. The molecule has 0 aromatic rings. The second-order valence-corrected chi connectivity index (χ2v) is 13.3. The molecule has 0 N–H and O–H groups in total. The van der Waals surface area contributed by atoms with E-state index in [4.69, 9.17) is 13.9 Å². The Morgan fingerprint density at radius 3 is 2.08 bits per heavy atom. The summed E-state index contributed by atoms with van der Waals surface area (Å²) in [5, 5.41) is 11.5. The molecule has 24 heavy (non-hydrogen) atoms. The van der Waals surface area contributed by atoms with Gasteiger partial charge in [0, 0.05) is 6.08 Å². The summed E-state index contributed by atoms with van der Waals surface area (Å²) in [6, 6.07) is 0. The van der Waals surface area contributed by atoms with Gasteiger partial charge in [0.15, 0.2) is 5.79 Å². The number of nitrogens with zero attached hydrogens (tertiary/aromatic N) is 1. The molecular weight excluding hydrogens is 326 g/mol. The van der Waals surface area contributed by atoms with Crippen LogP contribution in [-0.4, -0.2) is 38.3 Å². The minimum atomic E-state index is -2.14. The highest BCUT2D eigenvalue weighted by atomic mass is 28.4. The van der Waals surface area contributed by atoms with Gasteiger partial charge in [-0.25, -0.2) is 0 Å². The van der Waals surface area contributed by atoms with Gasteiger partial charge in [0.05, 0.1) is 11.5 Å². The van der Waals surface area contributed by atoms with Crippen molar-refractivity contribution in [2.45, 2.75) is 83.9 Å². The summed E-state index contributed by atoms with van der Waals surface area (Å²) in [6.07, 6.45) is 1.13. The van der Waals surface area contributed by atoms with E-state index in [0.717, 1.165) is 0 Å². The van der Waals surface area contributed by atoms with Crippen molar-refractivity contribution in [2.75, 3.05) is 13.2 Å². The van der Waals surface area contributed by atoms with Gasteiger partial charge in [0.2, 0.25) is 8.32 Å². The van der Waals surface area contributed by atoms with Crippen LogP contribution >= 0.6 is 0 Å². The standard InChI is InChI=1S/C17H33NO5Si/c1-12(2)24(13(3)4,14(5)6)22-10-15(18(19)20)9-16-11-21-17(7,8)23-16/h9,12-14,16H,10-11H2,1-8H3/b15-9+/t16-/m0/s1. The summed E-state index contributed by atoms with van der Waals surface area (Å²) in [5.41, 5.74) is 1.21. The first-order valence-electron chi connectivity index (χ1n) is 8.73. The lowest BCUT2D eigenvalue weighted by Gasteiger charge is -2.41. The molecule has 1 saturated heterocycles. The van der Waals surface area contributed by atoms with Crippen molar-refractivity contribution >= 4 is 8.32 Å². The van der Waals surface area contributed by atoms with Gasteiger partial charge in [0.25, 0.3) is 5.70 Å². The van der Waals surface area contributed by atoms with Crippen LogP contribution in [0, 0.1) is 10.1 Å². The topological polar surface area (TPSA) is 70.8 Å². The maximum Gasteiger partial charge on any atom is 0.269 e. The Kier molecular flexibility index (Phi) is 7.16. The van der Waals surface area contributed by atoms with E-state index in [9.17, 15) is 10.1 Å². The van der Waals surface area contributed by atoms with Gasteiger partial charge in [-0.1, -0.05) is 41.5 Å². The predicted octanol–water partition coefficient (Wildman–Crippen LogP) is 4.49. The summed E-state index contributed by atoms with van der Waals surface area (Å²) >= 11 is 0. The maximum atomic E-state index is 11.5. The van der Waals surface area contributed by atoms with E-state index in [1.54, 1.807) is 13.8 Å². The SMILES string of the molecule is CC(C)[Si](OC/C(=C\[C@H]1COC(C)(C)O1)[N+](=O)[O-])(C(C)C)C(C)C. The molecule has 0 radical (unpaired) electrons. The largest absolute Gasteiger partial charge is 0.405 e. The van der Waals surface area contributed by atoms with Gasteiger partial charge >= 0.3 is 0 Å². The first-order valence-corrected chi connectivity index (χ1v) is 10.9. The van der Waals surface area contributed by atoms with Crippen LogP contribution in [0.15, 0.2) is 11.8 Å². The van der Waals surface area contributed by atoms with Crippen molar-refractivity contribution in [1.29, 1.82) is 0 Å². The Balaban J connectivity index is 2.94. The zero-order valence-corrected chi connectivity index (χ0v) is 17.3. The van der Waals surface area contributed by atoms with Crippen LogP contribution in [0.25, 0.3) is 0 Å². The average molecular weight is 360 g/mol. The van der Waals surface area contributed by atoms with Crippen molar-refractivity contribution < 1.29 is 18.8 Å². The highest BCUT2D eigenvalue weighted by molar-refractivity contribution is 6.77. The Bertz CT molecular complexity index is 452. The lowest BCUT2D eigenvalue weighted by molar-refractivity contribution is -0.430. The second-order valence-electron chi connectivity index (χ2n) is 7.89. The minimum absolute atomic E-state index is 0.0219. The molecule has 1 aliphatic rings. The van der Waals surface area contributed by atoms with Crippen LogP contribution in [0.2, 0.25) is 16.6 Å². The first-order chi connectivity index (χ1) is 10.9. The molecule has 0 amide bonds. The zero-order chi connectivity index (χ0) is 18.7. The molecule has 1 heterocycles. The maximum absolute atomic E-state index is 11.5. The van der Waals surface area contributed by atoms with E-state index >= 15 is 0 Å². The van der Waals surface area contributed by atoms with Crippen molar-refractivity contribution in [2.24, 2.45) is 0 Å². The Morgan fingerprint density at radius 2 is 1.75 bits per heavy atom. The van der Waals surface area contributed by atoms with Crippen molar-refractivity contribution in [1.82, 2.24) is 0 Å². The predicted molar refractivity (Wildman–Crippen MR) is 97.0 cm³/mol. The fourth-order valence-corrected chi connectivity index (χ4v) is 9.27. The van der Waals surface area contributed by atoms with Crippen LogP contribution in [0.5, 0.6) is 0 Å². The van der Waals surface area contributed by atoms with Gasteiger partial charge in [0.1, 0.15) is 12.7 Å². The minimum Gasteiger partial charge on any atom is -0.405 e. The van der Waals surface area contributed by atoms with E-state index in [1.165, 1.54) is 6.08 Å². The average Bonchev–Trinajstić information content (AvgIpc) is 2.75. The van der Waals surface area contributed by atoms with E-state index in [-0.39, 0.29) is 17.2 Å². The Labute approximate surface area is 146 Å². The summed E-state index contributed by atoms with van der Waals surface area (Å²) in [4.78, 5) is 11.1. The molecule has 0 bridgehead atoms. The molecular formula is C17H33NO5Si. The van der Waals surface area contributed by atoms with E-state index in [2.05, 4.69) is 41.5 Å². The first kappa shape index (κ1) is 21.3. The van der Waals surface area contributed by atoms with Crippen LogP contribution in [0.1, 0.15) is 55.4 Å². The summed E-state index contributed by atoms with van der Waals surface area (Å²) in [5.74, 6) is -0.698. The number of hydrogen-bond donors (Lipinski definition) is 0. The van der Waals surface area contributed by atoms with E-state index in [0.29, 0.717) is 23.2 Å². The second kappa shape index (κ2) is 8.08. The molecule has 0 spiro atoms. The molecule has 6 nitrogen and oxygen atoms in total. The lowest BCUT2D eigenvalue weighted by atomic mass is 10.3.